The average molecular weight is 361 g/mol. The normalized spacial score (nSPS) is 16.9. The Morgan fingerprint density at radius 3 is 2.48 bits per heavy atom. The third-order valence-electron chi connectivity index (χ3n) is 4.37. The number of ether oxygens (including phenoxy) is 2. The lowest BCUT2D eigenvalue weighted by molar-refractivity contribution is 0.240. The van der Waals surface area contributed by atoms with Crippen LogP contribution in [0.25, 0.3) is 0 Å². The molecule has 134 valence electrons. The van der Waals surface area contributed by atoms with Gasteiger partial charge in [0.1, 0.15) is 6.61 Å². The molecule has 0 radical (unpaired) electrons. The minimum absolute atomic E-state index is 0.274. The molecule has 5 nitrogen and oxygen atoms in total. The number of para-hydroxylation sites is 1. The molecular formula is C19H23NO4S. The summed E-state index contributed by atoms with van der Waals surface area (Å²) in [6.07, 6.45) is 0.565. The first-order valence-electron chi connectivity index (χ1n) is 8.20. The fourth-order valence-corrected chi connectivity index (χ4v) is 5.17. The van der Waals surface area contributed by atoms with Gasteiger partial charge >= 0.3 is 0 Å². The molecule has 1 aliphatic heterocycles. The topological polar surface area (TPSA) is 64.6 Å². The molecule has 1 aliphatic rings. The second-order valence-electron chi connectivity index (χ2n) is 6.51. The van der Waals surface area contributed by atoms with Gasteiger partial charge < -0.3 is 9.47 Å². The fourth-order valence-electron chi connectivity index (χ4n) is 3.50. The molecule has 2 aromatic rings. The summed E-state index contributed by atoms with van der Waals surface area (Å²) in [6.45, 7) is 5.89. The van der Waals surface area contributed by atoms with E-state index in [4.69, 9.17) is 9.47 Å². The van der Waals surface area contributed by atoms with Gasteiger partial charge in [-0.15, -0.1) is 0 Å². The molecule has 0 saturated carbocycles. The maximum atomic E-state index is 12.9. The van der Waals surface area contributed by atoms with Crippen molar-refractivity contribution in [3.8, 4) is 11.5 Å². The molecule has 0 unspecified atom stereocenters. The summed E-state index contributed by atoms with van der Waals surface area (Å²) < 4.78 is 39.7. The molecule has 0 aromatic heterocycles. The van der Waals surface area contributed by atoms with E-state index < -0.39 is 10.0 Å². The zero-order valence-electron chi connectivity index (χ0n) is 14.9. The molecule has 1 heterocycles. The molecular weight excluding hydrogens is 338 g/mol. The quantitative estimate of drug-likeness (QED) is 0.909. The zero-order valence-corrected chi connectivity index (χ0v) is 15.7. The maximum absolute atomic E-state index is 12.9. The van der Waals surface area contributed by atoms with Crippen molar-refractivity contribution in [1.82, 2.24) is 4.72 Å². The van der Waals surface area contributed by atoms with Crippen molar-refractivity contribution in [2.75, 3.05) is 13.7 Å². The van der Waals surface area contributed by atoms with Crippen LogP contribution in [0.3, 0.4) is 0 Å². The standard InChI is InChI=1S/C19H23NO4S/c1-12-8-13(2)19(14(3)9-12)25(21,22)20-16-10-15-6-5-7-17(23-4)18(15)24-11-16/h5-9,16,20H,10-11H2,1-4H3/t16-/m0/s1. The molecule has 0 fully saturated rings. The van der Waals surface area contributed by atoms with E-state index in [-0.39, 0.29) is 12.6 Å². The molecule has 1 N–H and O–H groups in total. The van der Waals surface area contributed by atoms with E-state index in [1.165, 1.54) is 0 Å². The van der Waals surface area contributed by atoms with Crippen molar-refractivity contribution in [3.63, 3.8) is 0 Å². The first-order chi connectivity index (χ1) is 11.8. The van der Waals surface area contributed by atoms with Gasteiger partial charge in [0, 0.05) is 0 Å². The zero-order chi connectivity index (χ0) is 18.2. The summed E-state index contributed by atoms with van der Waals surface area (Å²) in [5.74, 6) is 1.37. The van der Waals surface area contributed by atoms with Gasteiger partial charge in [0.2, 0.25) is 10.0 Å². The number of methoxy groups -OCH3 is 1. The third-order valence-corrected chi connectivity index (χ3v) is 6.20. The van der Waals surface area contributed by atoms with Crippen LogP contribution in [0.4, 0.5) is 0 Å². The molecule has 0 bridgehead atoms. The lowest BCUT2D eigenvalue weighted by Crippen LogP contribution is -2.43. The maximum Gasteiger partial charge on any atom is 0.241 e. The van der Waals surface area contributed by atoms with E-state index >= 15 is 0 Å². The van der Waals surface area contributed by atoms with E-state index in [0.29, 0.717) is 22.8 Å². The van der Waals surface area contributed by atoms with Crippen LogP contribution in [0, 0.1) is 20.8 Å². The van der Waals surface area contributed by atoms with Gasteiger partial charge in [0.05, 0.1) is 18.0 Å². The first-order valence-corrected chi connectivity index (χ1v) is 9.69. The highest BCUT2D eigenvalue weighted by molar-refractivity contribution is 7.89. The van der Waals surface area contributed by atoms with E-state index in [9.17, 15) is 8.42 Å². The number of hydrogen-bond donors (Lipinski definition) is 1. The molecule has 3 rings (SSSR count). The van der Waals surface area contributed by atoms with Crippen LogP contribution in [-0.4, -0.2) is 28.2 Å². The summed E-state index contributed by atoms with van der Waals surface area (Å²) in [4.78, 5) is 0.356. The van der Waals surface area contributed by atoms with Crippen molar-refractivity contribution in [2.24, 2.45) is 0 Å². The summed E-state index contributed by atoms with van der Waals surface area (Å²) in [5, 5.41) is 0. The molecule has 25 heavy (non-hydrogen) atoms. The van der Waals surface area contributed by atoms with Crippen LogP contribution >= 0.6 is 0 Å². The van der Waals surface area contributed by atoms with Crippen molar-refractivity contribution in [3.05, 3.63) is 52.6 Å². The van der Waals surface area contributed by atoms with Gasteiger partial charge in [-0.05, 0) is 49.9 Å². The number of nitrogens with one attached hydrogen (secondary N) is 1. The summed E-state index contributed by atoms with van der Waals surface area (Å²) in [7, 11) is -2.02. The largest absolute Gasteiger partial charge is 0.493 e. The summed E-state index contributed by atoms with van der Waals surface area (Å²) in [5.41, 5.74) is 3.50. The molecule has 1 atom stereocenters. The smallest absolute Gasteiger partial charge is 0.241 e. The Balaban J connectivity index is 1.86. The van der Waals surface area contributed by atoms with Crippen molar-refractivity contribution >= 4 is 10.0 Å². The summed E-state index contributed by atoms with van der Waals surface area (Å²) >= 11 is 0. The van der Waals surface area contributed by atoms with Crippen molar-refractivity contribution in [1.29, 1.82) is 0 Å². The number of rotatable bonds is 4. The Bertz CT molecular complexity index is 883. The minimum Gasteiger partial charge on any atom is -0.493 e. The minimum atomic E-state index is -3.62. The van der Waals surface area contributed by atoms with E-state index in [0.717, 1.165) is 22.3 Å². The Hall–Kier alpha value is -2.05. The number of fused-ring (bicyclic) bond motifs is 1. The van der Waals surface area contributed by atoms with Crippen LogP contribution in [0.1, 0.15) is 22.3 Å². The van der Waals surface area contributed by atoms with Crippen LogP contribution < -0.4 is 14.2 Å². The van der Waals surface area contributed by atoms with Gasteiger partial charge in [-0.25, -0.2) is 13.1 Å². The highest BCUT2D eigenvalue weighted by Crippen LogP contribution is 2.35. The SMILES string of the molecule is COc1cccc2c1OC[C@@H](NS(=O)(=O)c1c(C)cc(C)cc1C)C2. The van der Waals surface area contributed by atoms with Crippen LogP contribution in [0.2, 0.25) is 0 Å². The predicted molar refractivity (Wildman–Crippen MR) is 97.0 cm³/mol. The Kier molecular flexibility index (Phi) is 4.75. The molecule has 0 aliphatic carbocycles. The van der Waals surface area contributed by atoms with Gasteiger partial charge in [-0.3, -0.25) is 0 Å². The molecule has 0 amide bonds. The van der Waals surface area contributed by atoms with E-state index in [2.05, 4.69) is 4.72 Å². The average Bonchev–Trinajstić information content (AvgIpc) is 2.52. The first kappa shape index (κ1) is 17.8. The van der Waals surface area contributed by atoms with E-state index in [1.54, 1.807) is 7.11 Å². The predicted octanol–water partition coefficient (Wildman–Crippen LogP) is 2.90. The Morgan fingerprint density at radius 2 is 1.84 bits per heavy atom. The highest BCUT2D eigenvalue weighted by atomic mass is 32.2. The second kappa shape index (κ2) is 6.69. The van der Waals surface area contributed by atoms with Gasteiger partial charge in [-0.2, -0.15) is 0 Å². The Morgan fingerprint density at radius 1 is 1.16 bits per heavy atom. The lowest BCUT2D eigenvalue weighted by Gasteiger charge is -2.27. The number of benzene rings is 2. The number of hydrogen-bond acceptors (Lipinski definition) is 4. The number of aryl methyl sites for hydroxylation is 3. The van der Waals surface area contributed by atoms with Gasteiger partial charge in [0.15, 0.2) is 11.5 Å². The number of sulfonamides is 1. The highest BCUT2D eigenvalue weighted by Gasteiger charge is 2.28. The van der Waals surface area contributed by atoms with Crippen LogP contribution in [-0.2, 0) is 16.4 Å². The fraction of sp³-hybridized carbons (Fsp3) is 0.368. The van der Waals surface area contributed by atoms with Crippen LogP contribution in [0.5, 0.6) is 11.5 Å². The molecule has 0 saturated heterocycles. The molecule has 0 spiro atoms. The second-order valence-corrected chi connectivity index (χ2v) is 8.16. The summed E-state index contributed by atoms with van der Waals surface area (Å²) in [6, 6.07) is 9.11. The Labute approximate surface area is 149 Å². The van der Waals surface area contributed by atoms with Crippen molar-refractivity contribution < 1.29 is 17.9 Å². The molecule has 2 aromatic carbocycles. The van der Waals surface area contributed by atoms with Crippen LogP contribution in [0.15, 0.2) is 35.2 Å². The van der Waals surface area contributed by atoms with Gasteiger partial charge in [-0.1, -0.05) is 29.8 Å². The monoisotopic (exact) mass is 361 g/mol. The van der Waals surface area contributed by atoms with Gasteiger partial charge in [0.25, 0.3) is 0 Å². The lowest BCUT2D eigenvalue weighted by atomic mass is 10.0. The van der Waals surface area contributed by atoms with E-state index in [1.807, 2.05) is 51.1 Å². The van der Waals surface area contributed by atoms with Crippen molar-refractivity contribution in [2.45, 2.75) is 38.1 Å². The third kappa shape index (κ3) is 3.50. The molecule has 6 heteroatoms.